The van der Waals surface area contributed by atoms with Crippen LogP contribution in [0.5, 0.6) is 0 Å². The number of rotatable bonds is 5. The summed E-state index contributed by atoms with van der Waals surface area (Å²) in [6.07, 6.45) is 0.834. The second kappa shape index (κ2) is 5.61. The lowest BCUT2D eigenvalue weighted by Gasteiger charge is -2.15. The molecule has 0 fully saturated rings. The highest BCUT2D eigenvalue weighted by Gasteiger charge is 2.28. The molecule has 0 aromatic heterocycles. The van der Waals surface area contributed by atoms with Crippen molar-refractivity contribution in [3.8, 4) is 0 Å². The average molecular weight is 282 g/mol. The lowest BCUT2D eigenvalue weighted by atomic mass is 10.1. The van der Waals surface area contributed by atoms with Crippen LogP contribution in [0.4, 0.5) is 0 Å². The molecule has 1 aromatic rings. The van der Waals surface area contributed by atoms with E-state index in [1.807, 2.05) is 18.2 Å². The molecule has 1 aliphatic carbocycles. The van der Waals surface area contributed by atoms with Gasteiger partial charge in [0.25, 0.3) is 0 Å². The quantitative estimate of drug-likeness (QED) is 0.859. The van der Waals surface area contributed by atoms with Gasteiger partial charge in [-0.15, -0.1) is 0 Å². The van der Waals surface area contributed by atoms with E-state index in [4.69, 9.17) is 5.73 Å². The maximum absolute atomic E-state index is 11.7. The number of hydrogen-bond donors (Lipinski definition) is 2. The molecule has 0 saturated heterocycles. The van der Waals surface area contributed by atoms with E-state index < -0.39 is 9.84 Å². The predicted octanol–water partition coefficient (Wildman–Crippen LogP) is 1.54. The molecule has 1 aliphatic rings. The average Bonchev–Trinajstić information content (AvgIpc) is 2.67. The third-order valence-corrected chi connectivity index (χ3v) is 5.97. The van der Waals surface area contributed by atoms with Crippen LogP contribution < -0.4 is 11.1 Å². The Balaban J connectivity index is 1.96. The van der Waals surface area contributed by atoms with Gasteiger partial charge in [-0.25, -0.2) is 8.42 Å². The summed E-state index contributed by atoms with van der Waals surface area (Å²) in [5.41, 5.74) is 8.46. The molecule has 4 nitrogen and oxygen atoms in total. The Morgan fingerprint density at radius 2 is 1.95 bits per heavy atom. The molecule has 0 aliphatic heterocycles. The molecular formula is C14H22N2O2S. The number of hydrogen-bond acceptors (Lipinski definition) is 4. The summed E-state index contributed by atoms with van der Waals surface area (Å²) in [7, 11) is -2.97. The van der Waals surface area contributed by atoms with Crippen LogP contribution in [0.15, 0.2) is 24.3 Å². The molecule has 2 unspecified atom stereocenters. The summed E-state index contributed by atoms with van der Waals surface area (Å²) in [5, 5.41) is 3.01. The maximum atomic E-state index is 11.7. The number of nitrogens with one attached hydrogen (secondary N) is 1. The minimum absolute atomic E-state index is 0.0513. The maximum Gasteiger partial charge on any atom is 0.153 e. The van der Waals surface area contributed by atoms with Gasteiger partial charge in [0.2, 0.25) is 0 Å². The minimum Gasteiger partial charge on any atom is -0.324 e. The molecular weight excluding hydrogens is 260 g/mol. The Kier molecular flexibility index (Phi) is 4.28. The summed E-state index contributed by atoms with van der Waals surface area (Å²) in [4.78, 5) is 0. The lowest BCUT2D eigenvalue weighted by molar-refractivity contribution is 0.509. The van der Waals surface area contributed by atoms with Crippen LogP contribution in [0.2, 0.25) is 0 Å². The van der Waals surface area contributed by atoms with Gasteiger partial charge in [0, 0.05) is 18.6 Å². The molecule has 0 radical (unpaired) electrons. The fraction of sp³-hybridized carbons (Fsp3) is 0.571. The third-order valence-electron chi connectivity index (χ3n) is 3.76. The molecule has 0 bridgehead atoms. The normalized spacial score (nSPS) is 22.7. The highest BCUT2D eigenvalue weighted by molar-refractivity contribution is 7.92. The topological polar surface area (TPSA) is 72.2 Å². The molecule has 19 heavy (non-hydrogen) atoms. The van der Waals surface area contributed by atoms with Crippen molar-refractivity contribution in [2.45, 2.75) is 37.6 Å². The van der Waals surface area contributed by atoms with Crippen molar-refractivity contribution >= 4 is 9.84 Å². The second-order valence-corrected chi connectivity index (χ2v) is 8.07. The molecule has 0 spiro atoms. The highest BCUT2D eigenvalue weighted by Crippen LogP contribution is 2.36. The minimum atomic E-state index is -2.97. The summed E-state index contributed by atoms with van der Waals surface area (Å²) >= 11 is 0. The van der Waals surface area contributed by atoms with E-state index in [0.717, 1.165) is 6.42 Å². The second-order valence-electron chi connectivity index (χ2n) is 5.39. The van der Waals surface area contributed by atoms with Gasteiger partial charge >= 0.3 is 0 Å². The standard InChI is InChI=1S/C14H22N2O2S/c1-10(2)19(17,18)8-7-16-14-9-13(15)11-5-3-4-6-12(11)14/h3-6,10,13-14,16H,7-9,15H2,1-2H3. The van der Waals surface area contributed by atoms with E-state index in [1.54, 1.807) is 13.8 Å². The molecule has 0 heterocycles. The Morgan fingerprint density at radius 3 is 2.58 bits per heavy atom. The number of nitrogens with two attached hydrogens (primary N) is 1. The van der Waals surface area contributed by atoms with E-state index in [0.29, 0.717) is 6.54 Å². The monoisotopic (exact) mass is 282 g/mol. The van der Waals surface area contributed by atoms with Gasteiger partial charge in [0.1, 0.15) is 0 Å². The number of sulfone groups is 1. The van der Waals surface area contributed by atoms with Gasteiger partial charge in [-0.3, -0.25) is 0 Å². The van der Waals surface area contributed by atoms with Crippen LogP contribution in [0.1, 0.15) is 43.5 Å². The zero-order valence-corrected chi connectivity index (χ0v) is 12.3. The van der Waals surface area contributed by atoms with Crippen LogP contribution in [0, 0.1) is 0 Å². The molecule has 5 heteroatoms. The summed E-state index contributed by atoms with van der Waals surface area (Å²) < 4.78 is 23.5. The zero-order chi connectivity index (χ0) is 14.0. The third kappa shape index (κ3) is 3.16. The first-order valence-electron chi connectivity index (χ1n) is 6.71. The predicted molar refractivity (Wildman–Crippen MR) is 77.7 cm³/mol. The fourth-order valence-corrected chi connectivity index (χ4v) is 3.35. The number of fused-ring (bicyclic) bond motifs is 1. The Morgan fingerprint density at radius 1 is 1.32 bits per heavy atom. The Bertz CT molecular complexity index is 540. The molecule has 2 rings (SSSR count). The molecule has 1 aromatic carbocycles. The van der Waals surface area contributed by atoms with E-state index >= 15 is 0 Å². The van der Waals surface area contributed by atoms with Crippen molar-refractivity contribution in [1.29, 1.82) is 0 Å². The van der Waals surface area contributed by atoms with Crippen molar-refractivity contribution in [3.63, 3.8) is 0 Å². The zero-order valence-electron chi connectivity index (χ0n) is 11.5. The van der Waals surface area contributed by atoms with Gasteiger partial charge in [0.15, 0.2) is 9.84 Å². The number of benzene rings is 1. The van der Waals surface area contributed by atoms with Gasteiger partial charge in [-0.2, -0.15) is 0 Å². The summed E-state index contributed by atoms with van der Waals surface area (Å²) in [6.45, 7) is 3.92. The van der Waals surface area contributed by atoms with Crippen LogP contribution in [0.25, 0.3) is 0 Å². The van der Waals surface area contributed by atoms with Gasteiger partial charge in [-0.05, 0) is 31.4 Å². The largest absolute Gasteiger partial charge is 0.324 e. The van der Waals surface area contributed by atoms with E-state index in [2.05, 4.69) is 11.4 Å². The summed E-state index contributed by atoms with van der Waals surface area (Å²) in [6, 6.07) is 8.33. The van der Waals surface area contributed by atoms with Gasteiger partial charge in [-0.1, -0.05) is 24.3 Å². The first-order valence-corrected chi connectivity index (χ1v) is 8.42. The van der Waals surface area contributed by atoms with E-state index in [1.165, 1.54) is 11.1 Å². The van der Waals surface area contributed by atoms with Crippen molar-refractivity contribution in [2.75, 3.05) is 12.3 Å². The lowest BCUT2D eigenvalue weighted by Crippen LogP contribution is -2.29. The molecule has 2 atom stereocenters. The van der Waals surface area contributed by atoms with E-state index in [-0.39, 0.29) is 23.1 Å². The highest BCUT2D eigenvalue weighted by atomic mass is 32.2. The van der Waals surface area contributed by atoms with Gasteiger partial charge < -0.3 is 11.1 Å². The van der Waals surface area contributed by atoms with Crippen molar-refractivity contribution in [3.05, 3.63) is 35.4 Å². The van der Waals surface area contributed by atoms with Crippen molar-refractivity contribution < 1.29 is 8.42 Å². The summed E-state index contributed by atoms with van der Waals surface area (Å²) in [5.74, 6) is 0.179. The fourth-order valence-electron chi connectivity index (χ4n) is 2.48. The van der Waals surface area contributed by atoms with Crippen LogP contribution in [-0.2, 0) is 9.84 Å². The van der Waals surface area contributed by atoms with Crippen molar-refractivity contribution in [1.82, 2.24) is 5.32 Å². The Labute approximate surface area is 115 Å². The first-order chi connectivity index (χ1) is 8.92. The first kappa shape index (κ1) is 14.5. The molecule has 0 amide bonds. The van der Waals surface area contributed by atoms with Crippen molar-refractivity contribution in [2.24, 2.45) is 5.73 Å². The van der Waals surface area contributed by atoms with Gasteiger partial charge in [0.05, 0.1) is 11.0 Å². The molecule has 3 N–H and O–H groups in total. The van der Waals surface area contributed by atoms with Crippen LogP contribution in [0.3, 0.4) is 0 Å². The van der Waals surface area contributed by atoms with E-state index in [9.17, 15) is 8.42 Å². The Hall–Kier alpha value is -0.910. The SMILES string of the molecule is CC(C)S(=O)(=O)CCNC1CC(N)c2ccccc21. The van der Waals surface area contributed by atoms with Crippen LogP contribution >= 0.6 is 0 Å². The molecule has 106 valence electrons. The molecule has 0 saturated carbocycles. The van der Waals surface area contributed by atoms with Crippen LogP contribution in [-0.4, -0.2) is 26.0 Å². The smallest absolute Gasteiger partial charge is 0.153 e.